The third-order valence-electron chi connectivity index (χ3n) is 3.99. The van der Waals surface area contributed by atoms with E-state index in [1.807, 2.05) is 0 Å². The molecule has 1 heterocycles. The number of ether oxygens (including phenoxy) is 1. The van der Waals surface area contributed by atoms with E-state index in [2.05, 4.69) is 0 Å². The molecular weight excluding hydrogens is 336 g/mol. The summed E-state index contributed by atoms with van der Waals surface area (Å²) in [6.07, 6.45) is 1.13. The molecule has 1 aliphatic heterocycles. The molecule has 126 valence electrons. The van der Waals surface area contributed by atoms with Crippen molar-refractivity contribution < 1.29 is 18.3 Å². The quantitative estimate of drug-likeness (QED) is 0.825. The molecule has 0 spiro atoms. The van der Waals surface area contributed by atoms with Gasteiger partial charge in [-0.25, -0.2) is 8.78 Å². The first kappa shape index (κ1) is 16.7. The number of halogens is 3. The van der Waals surface area contributed by atoms with Crippen LogP contribution >= 0.6 is 11.6 Å². The van der Waals surface area contributed by atoms with Crippen LogP contribution in [0.15, 0.2) is 42.5 Å². The Kier molecular flexibility index (Phi) is 5.00. The zero-order valence-corrected chi connectivity index (χ0v) is 13.6. The molecule has 0 aromatic heterocycles. The van der Waals surface area contributed by atoms with Crippen LogP contribution < -0.4 is 4.74 Å². The van der Waals surface area contributed by atoms with E-state index >= 15 is 0 Å². The van der Waals surface area contributed by atoms with E-state index in [0.29, 0.717) is 42.3 Å². The van der Waals surface area contributed by atoms with E-state index in [4.69, 9.17) is 16.3 Å². The van der Waals surface area contributed by atoms with Crippen LogP contribution in [0.3, 0.4) is 0 Å². The number of carbonyl (C=O) groups is 1. The number of hydrogen-bond acceptors (Lipinski definition) is 2. The van der Waals surface area contributed by atoms with Crippen LogP contribution in [0.25, 0.3) is 0 Å². The molecule has 0 unspecified atom stereocenters. The van der Waals surface area contributed by atoms with Crippen molar-refractivity contribution in [1.29, 1.82) is 0 Å². The van der Waals surface area contributed by atoms with Crippen molar-refractivity contribution in [3.8, 4) is 5.75 Å². The number of rotatable bonds is 3. The highest BCUT2D eigenvalue weighted by atomic mass is 35.5. The second-order valence-electron chi connectivity index (χ2n) is 5.70. The van der Waals surface area contributed by atoms with Gasteiger partial charge in [-0.1, -0.05) is 17.7 Å². The molecule has 0 aliphatic carbocycles. The minimum atomic E-state index is -0.930. The predicted molar refractivity (Wildman–Crippen MR) is 87.4 cm³/mol. The summed E-state index contributed by atoms with van der Waals surface area (Å²) < 4.78 is 31.8. The summed E-state index contributed by atoms with van der Waals surface area (Å²) in [6, 6.07) is 10.3. The van der Waals surface area contributed by atoms with Gasteiger partial charge in [-0.05, 0) is 30.3 Å². The molecule has 0 bridgehead atoms. The number of piperidine rings is 1. The minimum absolute atomic E-state index is 0.0659. The van der Waals surface area contributed by atoms with Crippen LogP contribution in [0.2, 0.25) is 5.02 Å². The van der Waals surface area contributed by atoms with Gasteiger partial charge in [-0.15, -0.1) is 0 Å². The lowest BCUT2D eigenvalue weighted by Crippen LogP contribution is -2.41. The van der Waals surface area contributed by atoms with Gasteiger partial charge in [-0.2, -0.15) is 0 Å². The predicted octanol–water partition coefficient (Wildman–Crippen LogP) is 4.30. The average molecular weight is 352 g/mol. The third kappa shape index (κ3) is 3.85. The van der Waals surface area contributed by atoms with Gasteiger partial charge in [0.2, 0.25) is 0 Å². The van der Waals surface area contributed by atoms with Crippen molar-refractivity contribution >= 4 is 17.5 Å². The van der Waals surface area contributed by atoms with Gasteiger partial charge in [0.25, 0.3) is 5.91 Å². The summed E-state index contributed by atoms with van der Waals surface area (Å²) in [5.41, 5.74) is 0.558. The van der Waals surface area contributed by atoms with E-state index in [1.54, 1.807) is 29.2 Å². The van der Waals surface area contributed by atoms with E-state index in [1.165, 1.54) is 6.07 Å². The number of likely N-dealkylation sites (tertiary alicyclic amines) is 1. The highest BCUT2D eigenvalue weighted by Gasteiger charge is 2.25. The molecular formula is C18H16ClF2NO2. The molecule has 6 heteroatoms. The van der Waals surface area contributed by atoms with Gasteiger partial charge >= 0.3 is 0 Å². The van der Waals surface area contributed by atoms with Crippen molar-refractivity contribution in [3.63, 3.8) is 0 Å². The molecule has 24 heavy (non-hydrogen) atoms. The summed E-state index contributed by atoms with van der Waals surface area (Å²) in [5.74, 6) is -1.59. The molecule has 0 N–H and O–H groups in total. The van der Waals surface area contributed by atoms with Crippen LogP contribution in [0.5, 0.6) is 5.75 Å². The van der Waals surface area contributed by atoms with E-state index in [-0.39, 0.29) is 12.0 Å². The average Bonchev–Trinajstić information content (AvgIpc) is 2.58. The first-order valence-electron chi connectivity index (χ1n) is 7.69. The highest BCUT2D eigenvalue weighted by molar-refractivity contribution is 6.30. The number of nitrogens with zero attached hydrogens (tertiary/aromatic N) is 1. The fourth-order valence-electron chi connectivity index (χ4n) is 2.72. The summed E-state index contributed by atoms with van der Waals surface area (Å²) >= 11 is 5.92. The second kappa shape index (κ2) is 7.18. The molecule has 1 amide bonds. The standard InChI is InChI=1S/C18H16ClF2NO2/c19-13-3-1-2-12(10-13)18(23)22-8-6-14(7-9-22)24-15-4-5-16(20)17(21)11-15/h1-5,10-11,14H,6-9H2. The number of hydrogen-bond donors (Lipinski definition) is 0. The maximum atomic E-state index is 13.2. The van der Waals surface area contributed by atoms with Crippen LogP contribution in [0.4, 0.5) is 8.78 Å². The number of benzene rings is 2. The lowest BCUT2D eigenvalue weighted by molar-refractivity contribution is 0.0595. The van der Waals surface area contributed by atoms with Crippen LogP contribution in [0, 0.1) is 11.6 Å². The highest BCUT2D eigenvalue weighted by Crippen LogP contribution is 2.22. The molecule has 1 saturated heterocycles. The van der Waals surface area contributed by atoms with Gasteiger partial charge in [0, 0.05) is 42.6 Å². The minimum Gasteiger partial charge on any atom is -0.490 e. The maximum absolute atomic E-state index is 13.2. The molecule has 2 aromatic carbocycles. The summed E-state index contributed by atoms with van der Waals surface area (Å²) in [6.45, 7) is 1.08. The third-order valence-corrected chi connectivity index (χ3v) is 4.23. The first-order valence-corrected chi connectivity index (χ1v) is 8.07. The topological polar surface area (TPSA) is 29.5 Å². The van der Waals surface area contributed by atoms with E-state index < -0.39 is 11.6 Å². The second-order valence-corrected chi connectivity index (χ2v) is 6.13. The summed E-state index contributed by atoms with van der Waals surface area (Å²) in [4.78, 5) is 14.2. The fourth-order valence-corrected chi connectivity index (χ4v) is 2.91. The van der Waals surface area contributed by atoms with Crippen molar-refractivity contribution in [2.45, 2.75) is 18.9 Å². The van der Waals surface area contributed by atoms with Gasteiger partial charge in [-0.3, -0.25) is 4.79 Å². The Labute approximate surface area is 143 Å². The Bertz CT molecular complexity index is 746. The lowest BCUT2D eigenvalue weighted by Gasteiger charge is -2.32. The van der Waals surface area contributed by atoms with Gasteiger partial charge in [0.15, 0.2) is 11.6 Å². The van der Waals surface area contributed by atoms with Gasteiger partial charge in [0.05, 0.1) is 0 Å². The molecule has 0 radical (unpaired) electrons. The van der Waals surface area contributed by atoms with Gasteiger partial charge in [0.1, 0.15) is 11.9 Å². The Hall–Kier alpha value is -2.14. The van der Waals surface area contributed by atoms with E-state index in [9.17, 15) is 13.6 Å². The van der Waals surface area contributed by atoms with E-state index in [0.717, 1.165) is 12.1 Å². The van der Waals surface area contributed by atoms with Crippen LogP contribution in [0.1, 0.15) is 23.2 Å². The Balaban J connectivity index is 1.57. The molecule has 3 rings (SSSR count). The smallest absolute Gasteiger partial charge is 0.253 e. The zero-order valence-electron chi connectivity index (χ0n) is 12.8. The van der Waals surface area contributed by atoms with Crippen LogP contribution in [-0.4, -0.2) is 30.0 Å². The van der Waals surface area contributed by atoms with Crippen molar-refractivity contribution in [1.82, 2.24) is 4.90 Å². The molecule has 1 aliphatic rings. The first-order chi connectivity index (χ1) is 11.5. The normalized spacial score (nSPS) is 15.4. The number of amides is 1. The molecule has 1 fully saturated rings. The molecule has 0 atom stereocenters. The Morgan fingerprint density at radius 3 is 2.50 bits per heavy atom. The maximum Gasteiger partial charge on any atom is 0.253 e. The van der Waals surface area contributed by atoms with Crippen LogP contribution in [-0.2, 0) is 0 Å². The molecule has 3 nitrogen and oxygen atoms in total. The largest absolute Gasteiger partial charge is 0.490 e. The lowest BCUT2D eigenvalue weighted by atomic mass is 10.1. The Morgan fingerprint density at radius 1 is 1.08 bits per heavy atom. The Morgan fingerprint density at radius 2 is 1.83 bits per heavy atom. The van der Waals surface area contributed by atoms with Crippen molar-refractivity contribution in [2.24, 2.45) is 0 Å². The SMILES string of the molecule is O=C(c1cccc(Cl)c1)N1CCC(Oc2ccc(F)c(F)c2)CC1. The van der Waals surface area contributed by atoms with Crippen molar-refractivity contribution in [3.05, 3.63) is 64.7 Å². The number of carbonyl (C=O) groups excluding carboxylic acids is 1. The molecule has 0 saturated carbocycles. The van der Waals surface area contributed by atoms with Crippen molar-refractivity contribution in [2.75, 3.05) is 13.1 Å². The monoisotopic (exact) mass is 351 g/mol. The fraction of sp³-hybridized carbons (Fsp3) is 0.278. The molecule has 2 aromatic rings. The summed E-state index contributed by atoms with van der Waals surface area (Å²) in [5, 5.41) is 0.525. The zero-order chi connectivity index (χ0) is 17.1. The van der Waals surface area contributed by atoms with Gasteiger partial charge < -0.3 is 9.64 Å². The summed E-state index contributed by atoms with van der Waals surface area (Å²) in [7, 11) is 0.